The molecule has 28 heteroatoms. The summed E-state index contributed by atoms with van der Waals surface area (Å²) in [5.74, 6) is -0.149. The SMILES string of the molecule is CC(O)CNC(=O)OC(C)(C)C.CC[C@@H]1CC[C@@H](C)[C@@H](OC2[C@@H](C)C[C@@H](CCN(O)CNC(=O)OC(C)(C)C)[C@H](O[C@H]3O[C@H](CO)[C@@H](O)[C@H](N)[C@H]3O)[C@H]2O)O1.CC[C@@H]1CC[C@@H](C)[C@@H](OC2[C@@H](C)C[C@@H](N)[C@H](O[C@H]3O[C@H](CO)[C@@H](O)[C@H](N)[C@H]3O)[C@H]2O)O1. The Hall–Kier alpha value is -2.34. The molecule has 27 atom stereocenters. The van der Waals surface area contributed by atoms with E-state index in [1.54, 1.807) is 48.5 Å². The number of carbonyl (C=O) groups excluding carboxylic acids is 2. The number of hydrogen-bond donors (Lipinski definition) is 15. The number of nitrogens with two attached hydrogens (primary N) is 3. The van der Waals surface area contributed by atoms with E-state index in [0.29, 0.717) is 19.3 Å². The van der Waals surface area contributed by atoms with Crippen molar-refractivity contribution in [3.63, 3.8) is 0 Å². The van der Waals surface area contributed by atoms with Gasteiger partial charge in [-0.15, -0.1) is 0 Å². The van der Waals surface area contributed by atoms with Crippen molar-refractivity contribution < 1.29 is 108 Å². The van der Waals surface area contributed by atoms with Gasteiger partial charge in [-0.3, -0.25) is 0 Å². The minimum atomic E-state index is -1.43. The molecule has 2 aliphatic carbocycles. The number of aliphatic hydroxyl groups excluding tert-OH is 9. The number of hydroxylamine groups is 2. The molecule has 6 fully saturated rings. The van der Waals surface area contributed by atoms with E-state index in [1.165, 1.54) is 0 Å². The number of nitrogens with zero attached hydrogens (tertiary/aromatic N) is 1. The van der Waals surface area contributed by atoms with Crippen LogP contribution >= 0.6 is 0 Å². The average molecular weight is 1250 g/mol. The van der Waals surface area contributed by atoms with Crippen LogP contribution in [0.25, 0.3) is 0 Å². The Kier molecular flexibility index (Phi) is 30.9. The molecule has 0 radical (unpaired) electrons. The number of hydrogen-bond acceptors (Lipinski definition) is 26. The number of alkyl carbamates (subject to hydrolysis) is 2. The fourth-order valence-corrected chi connectivity index (χ4v) is 11.5. The normalized spacial score (nSPS) is 40.9. The minimum Gasteiger partial charge on any atom is -0.444 e. The molecule has 0 aromatic rings. The highest BCUT2D eigenvalue weighted by Gasteiger charge is 2.52. The van der Waals surface area contributed by atoms with E-state index in [9.17, 15) is 55.6 Å². The van der Waals surface area contributed by atoms with Gasteiger partial charge in [0.2, 0.25) is 0 Å². The summed E-state index contributed by atoms with van der Waals surface area (Å²) in [5.41, 5.74) is 17.0. The Balaban J connectivity index is 0.000000320. The van der Waals surface area contributed by atoms with E-state index < -0.39 is 159 Å². The van der Waals surface area contributed by atoms with Gasteiger partial charge in [0.05, 0.1) is 68.6 Å². The van der Waals surface area contributed by atoms with Gasteiger partial charge in [0, 0.05) is 31.0 Å². The van der Waals surface area contributed by atoms with E-state index in [1.807, 2.05) is 13.8 Å². The quantitative estimate of drug-likeness (QED) is 0.0613. The van der Waals surface area contributed by atoms with E-state index in [4.69, 9.17) is 69.7 Å². The second-order valence-corrected chi connectivity index (χ2v) is 26.6. The maximum atomic E-state index is 12.0. The van der Waals surface area contributed by atoms with Crippen molar-refractivity contribution in [3.8, 4) is 0 Å². The van der Waals surface area contributed by atoms with Crippen molar-refractivity contribution in [3.05, 3.63) is 0 Å². The average Bonchev–Trinajstić information content (AvgIpc) is 1.89. The van der Waals surface area contributed by atoms with Crippen LogP contribution in [0.1, 0.15) is 148 Å². The van der Waals surface area contributed by atoms with Gasteiger partial charge in [0.25, 0.3) is 0 Å². The maximum absolute atomic E-state index is 12.0. The van der Waals surface area contributed by atoms with Gasteiger partial charge in [0.1, 0.15) is 66.1 Å². The number of nitrogens with one attached hydrogen (secondary N) is 2. The molecule has 28 nitrogen and oxygen atoms in total. The van der Waals surface area contributed by atoms with E-state index in [0.717, 1.165) is 43.6 Å². The van der Waals surface area contributed by atoms with Crippen molar-refractivity contribution in [2.45, 2.75) is 294 Å². The van der Waals surface area contributed by atoms with Gasteiger partial charge in [-0.25, -0.2) is 9.59 Å². The lowest BCUT2D eigenvalue weighted by Crippen LogP contribution is -2.66. The number of ether oxygens (including phenoxy) is 10. The second-order valence-electron chi connectivity index (χ2n) is 26.6. The van der Waals surface area contributed by atoms with Crippen LogP contribution in [-0.4, -0.2) is 247 Å². The topological polar surface area (TPSA) is 434 Å². The first kappa shape index (κ1) is 76.1. The van der Waals surface area contributed by atoms with Gasteiger partial charge in [-0.2, -0.15) is 5.06 Å². The molecule has 0 spiro atoms. The van der Waals surface area contributed by atoms with Gasteiger partial charge in [-0.05, 0) is 124 Å². The van der Waals surface area contributed by atoms with Crippen LogP contribution in [0.5, 0.6) is 0 Å². The molecule has 0 aromatic carbocycles. The Morgan fingerprint density at radius 1 is 0.570 bits per heavy atom. The molecule has 3 unspecified atom stereocenters. The maximum Gasteiger partial charge on any atom is 0.408 e. The molecule has 6 rings (SSSR count). The molecule has 2 saturated carbocycles. The number of aliphatic hydroxyl groups is 9. The summed E-state index contributed by atoms with van der Waals surface area (Å²) >= 11 is 0. The fourth-order valence-electron chi connectivity index (χ4n) is 11.5. The van der Waals surface area contributed by atoms with Gasteiger partial charge in [0.15, 0.2) is 25.2 Å². The summed E-state index contributed by atoms with van der Waals surface area (Å²) < 4.78 is 58.4. The molecule has 2 amide bonds. The van der Waals surface area contributed by atoms with Crippen molar-refractivity contribution in [1.82, 2.24) is 15.7 Å². The van der Waals surface area contributed by atoms with Crippen LogP contribution in [-0.2, 0) is 47.4 Å². The largest absolute Gasteiger partial charge is 0.444 e. The summed E-state index contributed by atoms with van der Waals surface area (Å²) in [4.78, 5) is 22.9. The molecular formula is C58H112N6O22. The molecule has 0 aromatic heterocycles. The molecule has 6 aliphatic rings. The first-order chi connectivity index (χ1) is 40.1. The Labute approximate surface area is 508 Å². The van der Waals surface area contributed by atoms with Crippen molar-refractivity contribution in [2.75, 3.05) is 33.0 Å². The van der Waals surface area contributed by atoms with Crippen LogP contribution in [0.4, 0.5) is 9.59 Å². The third kappa shape index (κ3) is 22.8. The van der Waals surface area contributed by atoms with Crippen molar-refractivity contribution in [1.29, 1.82) is 0 Å². The Bertz CT molecular complexity index is 1960. The molecule has 506 valence electrons. The highest BCUT2D eigenvalue weighted by molar-refractivity contribution is 5.67. The summed E-state index contributed by atoms with van der Waals surface area (Å²) in [5, 5.41) is 109. The summed E-state index contributed by atoms with van der Waals surface area (Å²) in [7, 11) is 0. The van der Waals surface area contributed by atoms with Crippen LogP contribution in [0.3, 0.4) is 0 Å². The highest BCUT2D eigenvalue weighted by atomic mass is 16.7. The predicted octanol–water partition coefficient (Wildman–Crippen LogP) is 0.349. The molecule has 4 saturated heterocycles. The zero-order valence-electron chi connectivity index (χ0n) is 53.0. The summed E-state index contributed by atoms with van der Waals surface area (Å²) in [6.45, 7) is 23.5. The van der Waals surface area contributed by atoms with E-state index in [-0.39, 0.29) is 61.6 Å². The third-order valence-electron chi connectivity index (χ3n) is 16.6. The monoisotopic (exact) mass is 1240 g/mol. The van der Waals surface area contributed by atoms with E-state index in [2.05, 4.69) is 38.3 Å². The van der Waals surface area contributed by atoms with Gasteiger partial charge < -0.3 is 126 Å². The summed E-state index contributed by atoms with van der Waals surface area (Å²) in [6, 6.07) is -2.74. The lowest BCUT2D eigenvalue weighted by molar-refractivity contribution is -0.323. The first-order valence-electron chi connectivity index (χ1n) is 31.0. The molecular weight excluding hydrogens is 1130 g/mol. The first-order valence-corrected chi connectivity index (χ1v) is 31.0. The van der Waals surface area contributed by atoms with Crippen LogP contribution in [0, 0.1) is 29.6 Å². The Morgan fingerprint density at radius 2 is 0.977 bits per heavy atom. The summed E-state index contributed by atoms with van der Waals surface area (Å²) in [6.07, 6.45) is -10.6. The van der Waals surface area contributed by atoms with Crippen LogP contribution in [0.2, 0.25) is 0 Å². The fraction of sp³-hybridized carbons (Fsp3) is 0.966. The minimum absolute atomic E-state index is 0.0332. The number of carbonyl (C=O) groups is 2. The molecule has 0 bridgehead atoms. The zero-order chi connectivity index (χ0) is 64.7. The molecule has 86 heavy (non-hydrogen) atoms. The predicted molar refractivity (Wildman–Crippen MR) is 310 cm³/mol. The smallest absolute Gasteiger partial charge is 0.408 e. The van der Waals surface area contributed by atoms with Crippen molar-refractivity contribution in [2.24, 2.45) is 46.8 Å². The standard InChI is InChI=1S/C29H55N3O11.C21H40N2O8.C8H17NO3/c1-7-18-9-8-15(2)26(39-18)41-24-16(3)12-17(10-11-32(38)14-31-28(37)43-29(4,5)6)25(23(24)36)42-27-22(35)20(30)21(34)19(13-33)40-27;1-4-11-6-5-9(2)20(28-11)30-18-10(3)7-12(22)19(17(18)27)31-21-16(26)14(23)15(25)13(8-24)29-21;1-6(10)5-9-7(11)12-8(2,3)4/h15-27,33-36,38H,7-14,30H2,1-6H3,(H,31,37);9-21,24-27H,4-8,22-23H2,1-3H3;6,10H,5H2,1-4H3,(H,9,11)/t15-,16+,17-,18-,19-,20+,21-,22-,23+,24?,25+,26-,27-;9-,10+,11-,12-,13-,14+,15-,16-,17+,18?,19+,20-,21-;/m11./s1. The second kappa shape index (κ2) is 34.9. The lowest BCUT2D eigenvalue weighted by atomic mass is 9.74. The molecule has 18 N–H and O–H groups in total. The number of rotatable bonds is 19. The molecule has 4 aliphatic heterocycles. The van der Waals surface area contributed by atoms with Crippen LogP contribution < -0.4 is 27.8 Å². The third-order valence-corrected chi connectivity index (χ3v) is 16.6. The number of amides is 2. The zero-order valence-corrected chi connectivity index (χ0v) is 53.0. The van der Waals surface area contributed by atoms with Gasteiger partial charge >= 0.3 is 12.2 Å². The van der Waals surface area contributed by atoms with Gasteiger partial charge in [-0.1, -0.05) is 41.5 Å². The van der Waals surface area contributed by atoms with E-state index >= 15 is 0 Å². The highest BCUT2D eigenvalue weighted by Crippen LogP contribution is 2.41. The lowest BCUT2D eigenvalue weighted by Gasteiger charge is -2.48. The van der Waals surface area contributed by atoms with Crippen LogP contribution in [0.15, 0.2) is 0 Å². The Morgan fingerprint density at radius 3 is 1.40 bits per heavy atom. The van der Waals surface area contributed by atoms with Crippen molar-refractivity contribution >= 4 is 12.2 Å². The molecule has 4 heterocycles.